The minimum atomic E-state index is -0.0331. The Morgan fingerprint density at radius 3 is 2.86 bits per heavy atom. The molecule has 1 N–H and O–H groups in total. The Morgan fingerprint density at radius 2 is 2.19 bits per heavy atom. The van der Waals surface area contributed by atoms with Crippen molar-refractivity contribution in [3.05, 3.63) is 46.5 Å². The summed E-state index contributed by atoms with van der Waals surface area (Å²) >= 11 is 6.36. The zero-order chi connectivity index (χ0) is 15.2. The number of nitrogens with one attached hydrogen (secondary N) is 1. The number of halogens is 1. The maximum atomic E-state index is 6.36. The van der Waals surface area contributed by atoms with Crippen molar-refractivity contribution in [2.45, 2.75) is 26.4 Å². The Kier molecular flexibility index (Phi) is 5.73. The van der Waals surface area contributed by atoms with E-state index in [2.05, 4.69) is 28.4 Å². The van der Waals surface area contributed by atoms with E-state index < -0.39 is 0 Å². The second-order valence-electron chi connectivity index (χ2n) is 4.88. The first-order valence-corrected chi connectivity index (χ1v) is 7.40. The van der Waals surface area contributed by atoms with Crippen LogP contribution in [0.1, 0.15) is 29.8 Å². The molecular formula is C15H21ClN4O. The van der Waals surface area contributed by atoms with Crippen molar-refractivity contribution >= 4 is 11.6 Å². The van der Waals surface area contributed by atoms with E-state index in [4.69, 9.17) is 16.3 Å². The highest BCUT2D eigenvalue weighted by Gasteiger charge is 2.21. The number of ether oxygens (including phenoxy) is 1. The van der Waals surface area contributed by atoms with Crippen molar-refractivity contribution in [2.24, 2.45) is 0 Å². The highest BCUT2D eigenvalue weighted by Crippen LogP contribution is 2.28. The van der Waals surface area contributed by atoms with Crippen LogP contribution in [0.25, 0.3) is 0 Å². The lowest BCUT2D eigenvalue weighted by Crippen LogP contribution is -2.26. The van der Waals surface area contributed by atoms with Gasteiger partial charge in [0.1, 0.15) is 0 Å². The molecule has 2 aromatic rings. The number of hydrogen-bond acceptors (Lipinski definition) is 4. The fraction of sp³-hybridized carbons (Fsp3) is 0.467. The highest BCUT2D eigenvalue weighted by molar-refractivity contribution is 6.31. The largest absolute Gasteiger partial charge is 0.383 e. The maximum Gasteiger partial charge on any atom is 0.0837 e. The van der Waals surface area contributed by atoms with Crippen molar-refractivity contribution in [3.8, 4) is 0 Å². The number of rotatable bonds is 7. The molecule has 0 aromatic carbocycles. The van der Waals surface area contributed by atoms with Gasteiger partial charge in [-0.05, 0) is 24.6 Å². The van der Waals surface area contributed by atoms with Crippen LogP contribution >= 0.6 is 11.6 Å². The van der Waals surface area contributed by atoms with E-state index in [1.807, 2.05) is 24.0 Å². The molecule has 1 atom stereocenters. The number of hydrogen-bond donors (Lipinski definition) is 1. The number of aromatic nitrogens is 3. The van der Waals surface area contributed by atoms with E-state index in [1.54, 1.807) is 13.3 Å². The quantitative estimate of drug-likeness (QED) is 0.854. The molecule has 114 valence electrons. The zero-order valence-corrected chi connectivity index (χ0v) is 13.4. The van der Waals surface area contributed by atoms with Crippen molar-refractivity contribution < 1.29 is 4.74 Å². The summed E-state index contributed by atoms with van der Waals surface area (Å²) in [6.45, 7) is 6.18. The molecule has 0 aliphatic heterocycles. The fourth-order valence-electron chi connectivity index (χ4n) is 2.33. The van der Waals surface area contributed by atoms with Crippen LogP contribution in [0.5, 0.6) is 0 Å². The van der Waals surface area contributed by atoms with Gasteiger partial charge in [0.2, 0.25) is 0 Å². The van der Waals surface area contributed by atoms with Crippen LogP contribution in [0, 0.1) is 6.92 Å². The molecule has 0 spiro atoms. The van der Waals surface area contributed by atoms with Crippen molar-refractivity contribution in [1.82, 2.24) is 20.1 Å². The van der Waals surface area contributed by atoms with Gasteiger partial charge in [0.15, 0.2) is 0 Å². The van der Waals surface area contributed by atoms with E-state index in [0.717, 1.165) is 23.4 Å². The molecule has 21 heavy (non-hydrogen) atoms. The number of nitrogens with zero attached hydrogens (tertiary/aromatic N) is 3. The van der Waals surface area contributed by atoms with Crippen molar-refractivity contribution in [1.29, 1.82) is 0 Å². The summed E-state index contributed by atoms with van der Waals surface area (Å²) in [4.78, 5) is 4.28. The topological polar surface area (TPSA) is 52.0 Å². The van der Waals surface area contributed by atoms with Gasteiger partial charge in [0.25, 0.3) is 0 Å². The first-order valence-electron chi connectivity index (χ1n) is 7.02. The molecule has 0 aliphatic rings. The highest BCUT2D eigenvalue weighted by atomic mass is 35.5. The fourth-order valence-corrected chi connectivity index (χ4v) is 2.58. The third-order valence-corrected chi connectivity index (χ3v) is 3.54. The lowest BCUT2D eigenvalue weighted by molar-refractivity contribution is 0.182. The molecule has 0 radical (unpaired) electrons. The lowest BCUT2D eigenvalue weighted by Gasteiger charge is -2.20. The van der Waals surface area contributed by atoms with Crippen LogP contribution in [-0.4, -0.2) is 35.0 Å². The summed E-state index contributed by atoms with van der Waals surface area (Å²) in [5.41, 5.74) is 3.15. The van der Waals surface area contributed by atoms with Gasteiger partial charge >= 0.3 is 0 Å². The normalized spacial score (nSPS) is 12.6. The van der Waals surface area contributed by atoms with Crippen LogP contribution in [0.3, 0.4) is 0 Å². The Labute approximate surface area is 130 Å². The van der Waals surface area contributed by atoms with Crippen LogP contribution in [0.2, 0.25) is 5.02 Å². The second kappa shape index (κ2) is 7.54. The minimum absolute atomic E-state index is 0.0331. The molecule has 0 saturated heterocycles. The van der Waals surface area contributed by atoms with Crippen LogP contribution in [0.4, 0.5) is 0 Å². The van der Waals surface area contributed by atoms with E-state index in [-0.39, 0.29) is 6.04 Å². The van der Waals surface area contributed by atoms with Crippen molar-refractivity contribution in [2.75, 3.05) is 20.3 Å². The summed E-state index contributed by atoms with van der Waals surface area (Å²) < 4.78 is 7.03. The molecule has 1 unspecified atom stereocenters. The van der Waals surface area contributed by atoms with Gasteiger partial charge in [-0.3, -0.25) is 9.67 Å². The van der Waals surface area contributed by atoms with E-state index >= 15 is 0 Å². The molecule has 2 rings (SSSR count). The second-order valence-corrected chi connectivity index (χ2v) is 5.29. The van der Waals surface area contributed by atoms with Crippen LogP contribution in [-0.2, 0) is 11.3 Å². The standard InChI is InChI=1S/C15H21ClN4O/c1-4-18-14(12-7-11(2)8-17-9-12)15-13(16)10-19-20(15)5-6-21-3/h7-10,14,18H,4-6H2,1-3H3. The third-order valence-electron chi connectivity index (χ3n) is 3.25. The molecular weight excluding hydrogens is 288 g/mol. The molecule has 0 bridgehead atoms. The Bertz CT molecular complexity index is 585. The third kappa shape index (κ3) is 3.81. The Hall–Kier alpha value is -1.43. The monoisotopic (exact) mass is 308 g/mol. The number of aryl methyl sites for hydroxylation is 1. The van der Waals surface area contributed by atoms with Crippen LogP contribution < -0.4 is 5.32 Å². The first-order chi connectivity index (χ1) is 10.2. The number of methoxy groups -OCH3 is 1. The summed E-state index contributed by atoms with van der Waals surface area (Å²) in [5.74, 6) is 0. The molecule has 2 heterocycles. The molecule has 6 heteroatoms. The smallest absolute Gasteiger partial charge is 0.0837 e. The van der Waals surface area contributed by atoms with Crippen LogP contribution in [0.15, 0.2) is 24.7 Å². The van der Waals surface area contributed by atoms with Gasteiger partial charge in [-0.25, -0.2) is 0 Å². The molecule has 2 aromatic heterocycles. The average Bonchev–Trinajstić information content (AvgIpc) is 2.83. The maximum absolute atomic E-state index is 6.36. The van der Waals surface area contributed by atoms with Gasteiger partial charge in [-0.2, -0.15) is 5.10 Å². The summed E-state index contributed by atoms with van der Waals surface area (Å²) in [6, 6.07) is 2.08. The predicted octanol–water partition coefficient (Wildman–Crippen LogP) is 2.59. The predicted molar refractivity (Wildman–Crippen MR) is 83.6 cm³/mol. The first kappa shape index (κ1) is 15.9. The van der Waals surface area contributed by atoms with Gasteiger partial charge in [0.05, 0.1) is 36.1 Å². The summed E-state index contributed by atoms with van der Waals surface area (Å²) in [6.07, 6.45) is 5.39. The van der Waals surface area contributed by atoms with E-state index in [0.29, 0.717) is 18.2 Å². The van der Waals surface area contributed by atoms with Gasteiger partial charge < -0.3 is 10.1 Å². The summed E-state index contributed by atoms with van der Waals surface area (Å²) in [7, 11) is 1.68. The summed E-state index contributed by atoms with van der Waals surface area (Å²) in [5, 5.41) is 8.46. The molecule has 0 fully saturated rings. The van der Waals surface area contributed by atoms with E-state index in [1.165, 1.54) is 0 Å². The lowest BCUT2D eigenvalue weighted by atomic mass is 10.0. The zero-order valence-electron chi connectivity index (χ0n) is 12.6. The Balaban J connectivity index is 2.40. The average molecular weight is 309 g/mol. The van der Waals surface area contributed by atoms with Gasteiger partial charge in [-0.1, -0.05) is 24.6 Å². The van der Waals surface area contributed by atoms with Gasteiger partial charge in [0, 0.05) is 19.5 Å². The van der Waals surface area contributed by atoms with E-state index in [9.17, 15) is 0 Å². The molecule has 0 saturated carbocycles. The van der Waals surface area contributed by atoms with Gasteiger partial charge in [-0.15, -0.1) is 0 Å². The molecule has 0 aliphatic carbocycles. The molecule has 5 nitrogen and oxygen atoms in total. The van der Waals surface area contributed by atoms with Crippen molar-refractivity contribution in [3.63, 3.8) is 0 Å². The SMILES string of the molecule is CCNC(c1cncc(C)c1)c1c(Cl)cnn1CCOC. The Morgan fingerprint density at radius 1 is 1.38 bits per heavy atom. The molecule has 0 amide bonds. The minimum Gasteiger partial charge on any atom is -0.383 e. The number of pyridine rings is 1.